The SMILES string of the molecule is O=C(CC(c1ccccc1)c1ncc[nH]1)Nc1cccc(-c2n[nH]c(C3CC3)n2)c1. The average Bonchev–Trinajstić information content (AvgIpc) is 3.27. The number of anilines is 1. The van der Waals surface area contributed by atoms with Crippen LogP contribution in [0.3, 0.4) is 0 Å². The number of imidazole rings is 1. The number of nitrogens with zero attached hydrogens (tertiary/aromatic N) is 3. The Balaban J connectivity index is 1.32. The van der Waals surface area contributed by atoms with Gasteiger partial charge in [0.15, 0.2) is 5.82 Å². The number of rotatable bonds is 7. The van der Waals surface area contributed by atoms with Gasteiger partial charge in [0.1, 0.15) is 11.6 Å². The van der Waals surface area contributed by atoms with E-state index in [0.717, 1.165) is 28.5 Å². The van der Waals surface area contributed by atoms with Crippen LogP contribution < -0.4 is 5.32 Å². The van der Waals surface area contributed by atoms with Gasteiger partial charge in [-0.15, -0.1) is 0 Å². The largest absolute Gasteiger partial charge is 0.348 e. The highest BCUT2D eigenvalue weighted by atomic mass is 16.1. The molecule has 1 atom stereocenters. The molecule has 0 aliphatic heterocycles. The molecule has 1 fully saturated rings. The van der Waals surface area contributed by atoms with Crippen molar-refractivity contribution in [3.8, 4) is 11.4 Å². The molecule has 1 aliphatic carbocycles. The first-order chi connectivity index (χ1) is 14.8. The third kappa shape index (κ3) is 4.00. The van der Waals surface area contributed by atoms with E-state index in [1.54, 1.807) is 12.4 Å². The van der Waals surface area contributed by atoms with Gasteiger partial charge in [0, 0.05) is 36.0 Å². The number of hydrogen-bond acceptors (Lipinski definition) is 4. The maximum absolute atomic E-state index is 12.9. The van der Waals surface area contributed by atoms with Crippen molar-refractivity contribution in [3.63, 3.8) is 0 Å². The minimum absolute atomic E-state index is 0.0777. The quantitative estimate of drug-likeness (QED) is 0.434. The third-order valence-electron chi connectivity index (χ3n) is 5.31. The highest BCUT2D eigenvalue weighted by Gasteiger charge is 2.27. The summed E-state index contributed by atoms with van der Waals surface area (Å²) in [5.41, 5.74) is 2.65. The fourth-order valence-electron chi connectivity index (χ4n) is 3.60. The van der Waals surface area contributed by atoms with Crippen molar-refractivity contribution in [1.82, 2.24) is 25.1 Å². The van der Waals surface area contributed by atoms with Gasteiger partial charge in [0.25, 0.3) is 0 Å². The van der Waals surface area contributed by atoms with Gasteiger partial charge in [0.2, 0.25) is 5.91 Å². The number of nitrogens with one attached hydrogen (secondary N) is 3. The molecule has 30 heavy (non-hydrogen) atoms. The second-order valence-electron chi connectivity index (χ2n) is 7.59. The van der Waals surface area contributed by atoms with Gasteiger partial charge >= 0.3 is 0 Å². The molecule has 7 heteroatoms. The highest BCUT2D eigenvalue weighted by molar-refractivity contribution is 5.92. The van der Waals surface area contributed by atoms with Gasteiger partial charge in [-0.3, -0.25) is 9.89 Å². The molecular formula is C23H22N6O. The lowest BCUT2D eigenvalue weighted by Crippen LogP contribution is -2.17. The normalized spacial score (nSPS) is 14.4. The zero-order valence-corrected chi connectivity index (χ0v) is 16.4. The van der Waals surface area contributed by atoms with Crippen molar-refractivity contribution in [3.05, 3.63) is 84.2 Å². The molecule has 1 saturated carbocycles. The first kappa shape index (κ1) is 18.3. The van der Waals surface area contributed by atoms with E-state index >= 15 is 0 Å². The molecule has 0 saturated heterocycles. The minimum atomic E-state index is -0.140. The van der Waals surface area contributed by atoms with Gasteiger partial charge in [0.05, 0.1) is 5.92 Å². The Morgan fingerprint density at radius 3 is 2.77 bits per heavy atom. The Labute approximate surface area is 174 Å². The lowest BCUT2D eigenvalue weighted by Gasteiger charge is -2.15. The van der Waals surface area contributed by atoms with Crippen molar-refractivity contribution in [1.29, 1.82) is 0 Å². The van der Waals surface area contributed by atoms with E-state index < -0.39 is 0 Å². The molecule has 1 aliphatic rings. The minimum Gasteiger partial charge on any atom is -0.348 e. The monoisotopic (exact) mass is 398 g/mol. The average molecular weight is 398 g/mol. The van der Waals surface area contributed by atoms with Crippen molar-refractivity contribution in [2.75, 3.05) is 5.32 Å². The van der Waals surface area contributed by atoms with Gasteiger partial charge < -0.3 is 10.3 Å². The fourth-order valence-corrected chi connectivity index (χ4v) is 3.60. The zero-order valence-electron chi connectivity index (χ0n) is 16.4. The zero-order chi connectivity index (χ0) is 20.3. The molecule has 0 spiro atoms. The molecule has 2 heterocycles. The Hall–Kier alpha value is -3.74. The summed E-state index contributed by atoms with van der Waals surface area (Å²) in [4.78, 5) is 25.0. The molecule has 0 radical (unpaired) electrons. The molecule has 3 N–H and O–H groups in total. The molecule has 1 amide bonds. The molecule has 7 nitrogen and oxygen atoms in total. The predicted octanol–water partition coefficient (Wildman–Crippen LogP) is 4.23. The van der Waals surface area contributed by atoms with Gasteiger partial charge in [-0.2, -0.15) is 5.10 Å². The first-order valence-corrected chi connectivity index (χ1v) is 10.1. The highest BCUT2D eigenvalue weighted by Crippen LogP contribution is 2.38. The summed E-state index contributed by atoms with van der Waals surface area (Å²) in [6.45, 7) is 0. The topological polar surface area (TPSA) is 99.4 Å². The van der Waals surface area contributed by atoms with Crippen LogP contribution in [0.5, 0.6) is 0 Å². The van der Waals surface area contributed by atoms with E-state index in [9.17, 15) is 4.79 Å². The summed E-state index contributed by atoms with van der Waals surface area (Å²) >= 11 is 0. The van der Waals surface area contributed by atoms with Crippen molar-refractivity contribution >= 4 is 11.6 Å². The Kier molecular flexibility index (Phi) is 4.85. The second kappa shape index (κ2) is 7.94. The van der Waals surface area contributed by atoms with Crippen LogP contribution in [0.2, 0.25) is 0 Å². The van der Waals surface area contributed by atoms with Crippen LogP contribution in [0.1, 0.15) is 48.3 Å². The summed E-state index contributed by atoms with van der Waals surface area (Å²) in [5.74, 6) is 2.68. The summed E-state index contributed by atoms with van der Waals surface area (Å²) in [5, 5.41) is 10.4. The molecular weight excluding hydrogens is 376 g/mol. The fraction of sp³-hybridized carbons (Fsp3) is 0.217. The number of hydrogen-bond donors (Lipinski definition) is 3. The van der Waals surface area contributed by atoms with Crippen molar-refractivity contribution < 1.29 is 4.79 Å². The molecule has 2 aromatic carbocycles. The Morgan fingerprint density at radius 2 is 2.00 bits per heavy atom. The maximum atomic E-state index is 12.9. The van der Waals surface area contributed by atoms with Gasteiger partial charge in [-0.05, 0) is 30.5 Å². The van der Waals surface area contributed by atoms with Crippen LogP contribution >= 0.6 is 0 Å². The van der Waals surface area contributed by atoms with E-state index in [2.05, 4.69) is 30.5 Å². The number of H-pyrrole nitrogens is 2. The smallest absolute Gasteiger partial charge is 0.225 e. The van der Waals surface area contributed by atoms with E-state index in [-0.39, 0.29) is 18.2 Å². The molecule has 2 aromatic heterocycles. The van der Waals surface area contributed by atoms with Crippen LogP contribution in [0.15, 0.2) is 67.0 Å². The van der Waals surface area contributed by atoms with Crippen LogP contribution in [0.4, 0.5) is 5.69 Å². The van der Waals surface area contributed by atoms with Crippen LogP contribution in [-0.4, -0.2) is 31.1 Å². The predicted molar refractivity (Wildman–Crippen MR) is 114 cm³/mol. The third-order valence-corrected chi connectivity index (χ3v) is 5.31. The number of aromatic nitrogens is 5. The van der Waals surface area contributed by atoms with Crippen molar-refractivity contribution in [2.24, 2.45) is 0 Å². The number of carbonyl (C=O) groups excluding carboxylic acids is 1. The van der Waals surface area contributed by atoms with E-state index in [1.165, 1.54) is 12.8 Å². The summed E-state index contributed by atoms with van der Waals surface area (Å²) in [6.07, 6.45) is 6.11. The molecule has 150 valence electrons. The van der Waals surface area contributed by atoms with Gasteiger partial charge in [-0.1, -0.05) is 42.5 Å². The van der Waals surface area contributed by atoms with E-state index in [4.69, 9.17) is 0 Å². The number of aromatic amines is 2. The number of carbonyl (C=O) groups is 1. The number of amides is 1. The maximum Gasteiger partial charge on any atom is 0.225 e. The summed E-state index contributed by atoms with van der Waals surface area (Å²) in [6, 6.07) is 17.6. The number of benzene rings is 2. The molecule has 0 bridgehead atoms. The second-order valence-corrected chi connectivity index (χ2v) is 7.59. The summed E-state index contributed by atoms with van der Waals surface area (Å²) in [7, 11) is 0. The Morgan fingerprint density at radius 1 is 1.13 bits per heavy atom. The molecule has 5 rings (SSSR count). The lowest BCUT2D eigenvalue weighted by molar-refractivity contribution is -0.116. The van der Waals surface area contributed by atoms with E-state index in [0.29, 0.717) is 11.7 Å². The lowest BCUT2D eigenvalue weighted by atomic mass is 9.94. The van der Waals surface area contributed by atoms with Gasteiger partial charge in [-0.25, -0.2) is 9.97 Å². The first-order valence-electron chi connectivity index (χ1n) is 10.1. The standard InChI is InChI=1S/C23H22N6O/c30-20(14-19(23-24-11-12-25-23)15-5-2-1-3-6-15)26-18-8-4-7-17(13-18)22-27-21(28-29-22)16-9-10-16/h1-8,11-13,16,19H,9-10,14H2,(H,24,25)(H,26,30)(H,27,28,29). The van der Waals surface area contributed by atoms with Crippen LogP contribution in [0, 0.1) is 0 Å². The van der Waals surface area contributed by atoms with Crippen LogP contribution in [-0.2, 0) is 4.79 Å². The van der Waals surface area contributed by atoms with Crippen LogP contribution in [0.25, 0.3) is 11.4 Å². The van der Waals surface area contributed by atoms with E-state index in [1.807, 2.05) is 54.6 Å². The summed E-state index contributed by atoms with van der Waals surface area (Å²) < 4.78 is 0. The Bertz CT molecular complexity index is 1130. The molecule has 1 unspecified atom stereocenters. The molecule has 4 aromatic rings. The van der Waals surface area contributed by atoms with Crippen molar-refractivity contribution in [2.45, 2.75) is 31.1 Å².